The highest BCUT2D eigenvalue weighted by atomic mass is 16.5. The van der Waals surface area contributed by atoms with E-state index >= 15 is 0 Å². The Morgan fingerprint density at radius 1 is 1.33 bits per heavy atom. The topological polar surface area (TPSA) is 62.1 Å². The summed E-state index contributed by atoms with van der Waals surface area (Å²) in [5.41, 5.74) is 3.14. The van der Waals surface area contributed by atoms with Crippen molar-refractivity contribution < 1.29 is 9.53 Å². The maximum absolute atomic E-state index is 12.1. The molecular formula is C14H16N2O2. The first-order chi connectivity index (χ1) is 8.50. The van der Waals surface area contributed by atoms with Crippen LogP contribution in [0.2, 0.25) is 0 Å². The van der Waals surface area contributed by atoms with E-state index in [1.165, 1.54) is 5.56 Å². The summed E-state index contributed by atoms with van der Waals surface area (Å²) in [5, 5.41) is 11.9. The number of benzene rings is 1. The molecule has 0 atom stereocenters. The van der Waals surface area contributed by atoms with E-state index in [0.29, 0.717) is 0 Å². The average molecular weight is 244 g/mol. The molecule has 1 amide bonds. The van der Waals surface area contributed by atoms with E-state index in [9.17, 15) is 4.79 Å². The summed E-state index contributed by atoms with van der Waals surface area (Å²) in [6.07, 6.45) is 0. The zero-order valence-corrected chi connectivity index (χ0v) is 10.8. The molecule has 1 saturated heterocycles. The molecule has 1 fully saturated rings. The van der Waals surface area contributed by atoms with Crippen LogP contribution < -0.4 is 5.32 Å². The van der Waals surface area contributed by atoms with Gasteiger partial charge in [0.1, 0.15) is 0 Å². The van der Waals surface area contributed by atoms with Gasteiger partial charge in [-0.05, 0) is 43.5 Å². The van der Waals surface area contributed by atoms with Crippen LogP contribution in [0.1, 0.15) is 16.7 Å². The Morgan fingerprint density at radius 3 is 2.50 bits per heavy atom. The number of hydrogen-bond acceptors (Lipinski definition) is 3. The summed E-state index contributed by atoms with van der Waals surface area (Å²) in [7, 11) is 0. The van der Waals surface area contributed by atoms with Crippen LogP contribution in [0.15, 0.2) is 12.1 Å². The summed E-state index contributed by atoms with van der Waals surface area (Å²) in [5.74, 6) is -0.275. The van der Waals surface area contributed by atoms with Gasteiger partial charge in [-0.25, -0.2) is 0 Å². The summed E-state index contributed by atoms with van der Waals surface area (Å²) in [4.78, 5) is 12.1. The molecular weight excluding hydrogens is 228 g/mol. The van der Waals surface area contributed by atoms with E-state index in [1.807, 2.05) is 39.0 Å². The predicted molar refractivity (Wildman–Crippen MR) is 68.1 cm³/mol. The van der Waals surface area contributed by atoms with Crippen LogP contribution in [-0.4, -0.2) is 19.1 Å². The number of nitrogens with zero attached hydrogens (tertiary/aromatic N) is 1. The smallest absolute Gasteiger partial charge is 0.249 e. The van der Waals surface area contributed by atoms with Crippen LogP contribution in [0.4, 0.5) is 5.69 Å². The Morgan fingerprint density at radius 2 is 2.00 bits per heavy atom. The monoisotopic (exact) mass is 244 g/mol. The molecule has 1 aromatic carbocycles. The molecule has 0 aliphatic carbocycles. The average Bonchev–Trinajstić information content (AvgIpc) is 2.29. The van der Waals surface area contributed by atoms with Gasteiger partial charge in [0.2, 0.25) is 5.91 Å². The number of carbonyl (C=O) groups excluding carboxylic acids is 1. The Kier molecular flexibility index (Phi) is 3.10. The van der Waals surface area contributed by atoms with Crippen LogP contribution >= 0.6 is 0 Å². The van der Waals surface area contributed by atoms with Gasteiger partial charge in [-0.2, -0.15) is 5.26 Å². The van der Waals surface area contributed by atoms with Crippen LogP contribution in [0.3, 0.4) is 0 Å². The summed E-state index contributed by atoms with van der Waals surface area (Å²) >= 11 is 0. The van der Waals surface area contributed by atoms with Crippen molar-refractivity contribution in [2.24, 2.45) is 5.41 Å². The number of aryl methyl sites for hydroxylation is 1. The first kappa shape index (κ1) is 12.6. The van der Waals surface area contributed by atoms with Crippen LogP contribution in [0.5, 0.6) is 0 Å². The standard InChI is InChI=1S/C14H16N2O2/c1-9-4-5-12(11(3)10(9)2)16-13(17)14(6-15)7-18-8-14/h4-5H,7-8H2,1-3H3,(H,16,17). The van der Waals surface area contributed by atoms with Gasteiger partial charge in [-0.3, -0.25) is 4.79 Å². The van der Waals surface area contributed by atoms with Gasteiger partial charge in [-0.1, -0.05) is 6.07 Å². The number of ether oxygens (including phenoxy) is 1. The molecule has 1 aliphatic rings. The first-order valence-electron chi connectivity index (χ1n) is 5.87. The van der Waals surface area contributed by atoms with Gasteiger partial charge in [0.25, 0.3) is 0 Å². The Labute approximate surface area is 107 Å². The molecule has 0 unspecified atom stereocenters. The predicted octanol–water partition coefficient (Wildman–Crippen LogP) is 2.09. The third kappa shape index (κ3) is 1.87. The lowest BCUT2D eigenvalue weighted by Gasteiger charge is -2.33. The highest BCUT2D eigenvalue weighted by Gasteiger charge is 2.46. The molecule has 0 bridgehead atoms. The number of nitrogens with one attached hydrogen (secondary N) is 1. The fourth-order valence-corrected chi connectivity index (χ4v) is 1.89. The van der Waals surface area contributed by atoms with Gasteiger partial charge in [0.05, 0.1) is 19.3 Å². The molecule has 2 rings (SSSR count). The lowest BCUT2D eigenvalue weighted by Crippen LogP contribution is -2.50. The molecule has 0 spiro atoms. The molecule has 0 aromatic heterocycles. The molecule has 94 valence electrons. The maximum atomic E-state index is 12.1. The zero-order valence-electron chi connectivity index (χ0n) is 10.8. The van der Waals surface area contributed by atoms with Crippen molar-refractivity contribution in [1.29, 1.82) is 5.26 Å². The molecule has 1 aliphatic heterocycles. The fourth-order valence-electron chi connectivity index (χ4n) is 1.89. The van der Waals surface area contributed by atoms with Gasteiger partial charge >= 0.3 is 0 Å². The van der Waals surface area contributed by atoms with Gasteiger partial charge in [-0.15, -0.1) is 0 Å². The van der Waals surface area contributed by atoms with Crippen molar-refractivity contribution in [1.82, 2.24) is 0 Å². The maximum Gasteiger partial charge on any atom is 0.249 e. The zero-order chi connectivity index (χ0) is 13.3. The molecule has 0 radical (unpaired) electrons. The van der Waals surface area contributed by atoms with E-state index in [-0.39, 0.29) is 19.1 Å². The second kappa shape index (κ2) is 4.43. The number of carbonyl (C=O) groups is 1. The van der Waals surface area contributed by atoms with Crippen molar-refractivity contribution in [3.63, 3.8) is 0 Å². The molecule has 0 saturated carbocycles. The van der Waals surface area contributed by atoms with E-state index < -0.39 is 5.41 Å². The van der Waals surface area contributed by atoms with Gasteiger partial charge in [0.15, 0.2) is 5.41 Å². The molecule has 4 nitrogen and oxygen atoms in total. The Balaban J connectivity index is 2.23. The number of rotatable bonds is 2. The first-order valence-corrected chi connectivity index (χ1v) is 5.87. The third-order valence-electron chi connectivity index (χ3n) is 3.65. The van der Waals surface area contributed by atoms with Crippen molar-refractivity contribution in [3.8, 4) is 6.07 Å². The Bertz CT molecular complexity index is 539. The summed E-state index contributed by atoms with van der Waals surface area (Å²) in [6, 6.07) is 5.89. The fraction of sp³-hybridized carbons (Fsp3) is 0.429. The lowest BCUT2D eigenvalue weighted by atomic mass is 9.86. The largest absolute Gasteiger partial charge is 0.377 e. The Hall–Kier alpha value is -1.86. The second-order valence-corrected chi connectivity index (χ2v) is 4.82. The molecule has 18 heavy (non-hydrogen) atoms. The van der Waals surface area contributed by atoms with E-state index in [4.69, 9.17) is 10.00 Å². The highest BCUT2D eigenvalue weighted by Crippen LogP contribution is 2.29. The SMILES string of the molecule is Cc1ccc(NC(=O)C2(C#N)COC2)c(C)c1C. The summed E-state index contributed by atoms with van der Waals surface area (Å²) < 4.78 is 4.98. The number of anilines is 1. The van der Waals surface area contributed by atoms with Gasteiger partial charge < -0.3 is 10.1 Å². The minimum atomic E-state index is -1.01. The molecule has 1 N–H and O–H groups in total. The lowest BCUT2D eigenvalue weighted by molar-refractivity contribution is -0.144. The quantitative estimate of drug-likeness (QED) is 0.866. The van der Waals surface area contributed by atoms with Crippen LogP contribution in [-0.2, 0) is 9.53 Å². The second-order valence-electron chi connectivity index (χ2n) is 4.82. The summed E-state index contributed by atoms with van der Waals surface area (Å²) in [6.45, 7) is 6.38. The minimum absolute atomic E-state index is 0.180. The molecule has 1 heterocycles. The van der Waals surface area contributed by atoms with E-state index in [1.54, 1.807) is 0 Å². The molecule has 1 aromatic rings. The van der Waals surface area contributed by atoms with E-state index in [0.717, 1.165) is 16.8 Å². The normalized spacial score (nSPS) is 16.6. The van der Waals surface area contributed by atoms with E-state index in [2.05, 4.69) is 5.32 Å². The molecule has 4 heteroatoms. The number of hydrogen-bond donors (Lipinski definition) is 1. The van der Waals surface area contributed by atoms with Crippen molar-refractivity contribution >= 4 is 11.6 Å². The minimum Gasteiger partial charge on any atom is -0.377 e. The van der Waals surface area contributed by atoms with Crippen LogP contribution in [0.25, 0.3) is 0 Å². The number of amides is 1. The van der Waals surface area contributed by atoms with Crippen molar-refractivity contribution in [2.45, 2.75) is 20.8 Å². The van der Waals surface area contributed by atoms with Crippen molar-refractivity contribution in [3.05, 3.63) is 28.8 Å². The highest BCUT2D eigenvalue weighted by molar-refractivity contribution is 5.98. The van der Waals surface area contributed by atoms with Crippen molar-refractivity contribution in [2.75, 3.05) is 18.5 Å². The third-order valence-corrected chi connectivity index (χ3v) is 3.65. The number of nitriles is 1. The van der Waals surface area contributed by atoms with Crippen LogP contribution in [0, 0.1) is 37.5 Å². The van der Waals surface area contributed by atoms with Gasteiger partial charge in [0, 0.05) is 5.69 Å².